The van der Waals surface area contributed by atoms with E-state index in [1.54, 1.807) is 42.5 Å². The van der Waals surface area contributed by atoms with Gasteiger partial charge in [-0.3, -0.25) is 9.59 Å². The smallest absolute Gasteiger partial charge is 0.336 e. The third kappa shape index (κ3) is 3.09. The molecule has 0 heterocycles. The van der Waals surface area contributed by atoms with E-state index in [9.17, 15) is 14.4 Å². The molecule has 1 aliphatic carbocycles. The SMILES string of the molecule is O=C(C=Cc1ccccc1)Oc1cccc2c1C(=O)c1ccccc1C2=O. The Morgan fingerprint density at radius 1 is 0.704 bits per heavy atom. The van der Waals surface area contributed by atoms with Crippen LogP contribution in [-0.4, -0.2) is 17.5 Å². The summed E-state index contributed by atoms with van der Waals surface area (Å²) >= 11 is 0. The Balaban J connectivity index is 1.66. The molecule has 0 atom stereocenters. The first-order valence-electron chi connectivity index (χ1n) is 8.41. The van der Waals surface area contributed by atoms with Crippen molar-refractivity contribution >= 4 is 23.6 Å². The van der Waals surface area contributed by atoms with E-state index in [-0.39, 0.29) is 28.4 Å². The van der Waals surface area contributed by atoms with Crippen LogP contribution in [0.3, 0.4) is 0 Å². The van der Waals surface area contributed by atoms with E-state index in [2.05, 4.69) is 0 Å². The normalized spacial score (nSPS) is 12.6. The minimum atomic E-state index is -0.619. The van der Waals surface area contributed by atoms with Crippen LogP contribution < -0.4 is 4.74 Å². The first kappa shape index (κ1) is 16.7. The standard InChI is InChI=1S/C23H14O4/c24-20(14-13-15-7-2-1-3-8-15)27-19-12-6-11-18-21(19)23(26)17-10-5-4-9-16(17)22(18)25/h1-14H. The highest BCUT2D eigenvalue weighted by Gasteiger charge is 2.32. The van der Waals surface area contributed by atoms with Crippen molar-refractivity contribution < 1.29 is 19.1 Å². The Morgan fingerprint density at radius 3 is 2.07 bits per heavy atom. The van der Waals surface area contributed by atoms with Crippen molar-refractivity contribution in [3.8, 4) is 5.75 Å². The number of rotatable bonds is 3. The fourth-order valence-corrected chi connectivity index (χ4v) is 3.07. The van der Waals surface area contributed by atoms with E-state index in [1.165, 1.54) is 12.1 Å². The van der Waals surface area contributed by atoms with Crippen LogP contribution >= 0.6 is 0 Å². The van der Waals surface area contributed by atoms with E-state index in [4.69, 9.17) is 4.74 Å². The molecular weight excluding hydrogens is 340 g/mol. The van der Waals surface area contributed by atoms with E-state index < -0.39 is 5.97 Å². The van der Waals surface area contributed by atoms with Crippen molar-refractivity contribution in [2.45, 2.75) is 0 Å². The Kier molecular flexibility index (Phi) is 4.22. The van der Waals surface area contributed by atoms with Gasteiger partial charge in [-0.2, -0.15) is 0 Å². The molecule has 130 valence electrons. The van der Waals surface area contributed by atoms with Crippen LogP contribution in [0.4, 0.5) is 0 Å². The molecule has 4 rings (SSSR count). The maximum Gasteiger partial charge on any atom is 0.336 e. The van der Waals surface area contributed by atoms with Crippen LogP contribution in [0, 0.1) is 0 Å². The molecule has 0 spiro atoms. The second-order valence-electron chi connectivity index (χ2n) is 6.05. The lowest BCUT2D eigenvalue weighted by atomic mass is 9.83. The minimum Gasteiger partial charge on any atom is -0.423 e. The van der Waals surface area contributed by atoms with Crippen LogP contribution in [0.2, 0.25) is 0 Å². The molecule has 3 aromatic carbocycles. The molecular formula is C23H14O4. The first-order chi connectivity index (χ1) is 13.1. The maximum atomic E-state index is 12.9. The van der Waals surface area contributed by atoms with Gasteiger partial charge in [-0.15, -0.1) is 0 Å². The second-order valence-corrected chi connectivity index (χ2v) is 6.05. The Labute approximate surface area is 155 Å². The molecule has 0 aromatic heterocycles. The molecule has 0 bridgehead atoms. The summed E-state index contributed by atoms with van der Waals surface area (Å²) in [6.07, 6.45) is 2.91. The van der Waals surface area contributed by atoms with Crippen molar-refractivity contribution in [1.82, 2.24) is 0 Å². The molecule has 0 fully saturated rings. The van der Waals surface area contributed by atoms with Gasteiger partial charge in [-0.1, -0.05) is 66.7 Å². The molecule has 0 aliphatic heterocycles. The average Bonchev–Trinajstić information content (AvgIpc) is 2.71. The second kappa shape index (κ2) is 6.84. The Bertz CT molecular complexity index is 1090. The zero-order valence-electron chi connectivity index (χ0n) is 14.2. The molecule has 0 saturated carbocycles. The average molecular weight is 354 g/mol. The minimum absolute atomic E-state index is 0.0862. The lowest BCUT2D eigenvalue weighted by molar-refractivity contribution is -0.128. The number of benzene rings is 3. The van der Waals surface area contributed by atoms with Crippen molar-refractivity contribution in [2.75, 3.05) is 0 Å². The summed E-state index contributed by atoms with van der Waals surface area (Å²) in [6, 6.07) is 20.6. The van der Waals surface area contributed by atoms with Crippen molar-refractivity contribution in [1.29, 1.82) is 0 Å². The van der Waals surface area contributed by atoms with Crippen LogP contribution in [0.5, 0.6) is 5.75 Å². The zero-order chi connectivity index (χ0) is 18.8. The monoisotopic (exact) mass is 354 g/mol. The van der Waals surface area contributed by atoms with Crippen molar-refractivity contribution in [3.05, 3.63) is 107 Å². The zero-order valence-corrected chi connectivity index (χ0v) is 14.2. The highest BCUT2D eigenvalue weighted by molar-refractivity contribution is 6.29. The number of esters is 1. The van der Waals surface area contributed by atoms with E-state index in [0.29, 0.717) is 11.1 Å². The summed E-state index contributed by atoms with van der Waals surface area (Å²) in [5.74, 6) is -1.11. The number of ketones is 2. The van der Waals surface area contributed by atoms with Gasteiger partial charge >= 0.3 is 5.97 Å². The highest BCUT2D eigenvalue weighted by atomic mass is 16.5. The first-order valence-corrected chi connectivity index (χ1v) is 8.41. The number of carbonyl (C=O) groups is 3. The van der Waals surface area contributed by atoms with Gasteiger partial charge in [-0.25, -0.2) is 4.79 Å². The quantitative estimate of drug-likeness (QED) is 0.316. The molecule has 3 aromatic rings. The summed E-state index contributed by atoms with van der Waals surface area (Å²) in [4.78, 5) is 37.8. The lowest BCUT2D eigenvalue weighted by Crippen LogP contribution is -2.22. The number of fused-ring (bicyclic) bond motifs is 2. The number of hydrogen-bond donors (Lipinski definition) is 0. The van der Waals surface area contributed by atoms with Gasteiger partial charge < -0.3 is 4.74 Å². The summed E-state index contributed by atoms with van der Waals surface area (Å²) in [5, 5.41) is 0. The van der Waals surface area contributed by atoms with Gasteiger partial charge in [0.2, 0.25) is 0 Å². The fourth-order valence-electron chi connectivity index (χ4n) is 3.07. The van der Waals surface area contributed by atoms with E-state index in [1.807, 2.05) is 30.3 Å². The summed E-state index contributed by atoms with van der Waals surface area (Å²) in [5.41, 5.74) is 1.91. The Hall–Kier alpha value is -3.79. The molecule has 0 radical (unpaired) electrons. The molecule has 0 amide bonds. The predicted molar refractivity (Wildman–Crippen MR) is 101 cm³/mol. The van der Waals surface area contributed by atoms with Crippen LogP contribution in [0.25, 0.3) is 6.08 Å². The molecule has 1 aliphatic rings. The summed E-state index contributed by atoms with van der Waals surface area (Å²) in [7, 11) is 0. The van der Waals surface area contributed by atoms with Crippen molar-refractivity contribution in [3.63, 3.8) is 0 Å². The number of carbonyl (C=O) groups excluding carboxylic acids is 3. The molecule has 27 heavy (non-hydrogen) atoms. The highest BCUT2D eigenvalue weighted by Crippen LogP contribution is 2.33. The summed E-state index contributed by atoms with van der Waals surface area (Å²) < 4.78 is 5.37. The van der Waals surface area contributed by atoms with Crippen LogP contribution in [-0.2, 0) is 4.79 Å². The molecule has 0 unspecified atom stereocenters. The van der Waals surface area contributed by atoms with Gasteiger partial charge in [0, 0.05) is 22.8 Å². The number of hydrogen-bond acceptors (Lipinski definition) is 4. The van der Waals surface area contributed by atoms with Gasteiger partial charge in [0.25, 0.3) is 0 Å². The summed E-state index contributed by atoms with van der Waals surface area (Å²) in [6.45, 7) is 0. The van der Waals surface area contributed by atoms with Crippen LogP contribution in [0.1, 0.15) is 37.4 Å². The third-order valence-corrected chi connectivity index (χ3v) is 4.34. The van der Waals surface area contributed by atoms with Gasteiger partial charge in [0.05, 0.1) is 5.56 Å². The predicted octanol–water partition coefficient (Wildman–Crippen LogP) is 4.08. The van der Waals surface area contributed by atoms with Crippen molar-refractivity contribution in [2.24, 2.45) is 0 Å². The van der Waals surface area contributed by atoms with E-state index in [0.717, 1.165) is 5.56 Å². The largest absolute Gasteiger partial charge is 0.423 e. The maximum absolute atomic E-state index is 12.9. The molecule has 4 nitrogen and oxygen atoms in total. The topological polar surface area (TPSA) is 60.4 Å². The third-order valence-electron chi connectivity index (χ3n) is 4.34. The number of ether oxygens (including phenoxy) is 1. The van der Waals surface area contributed by atoms with Crippen LogP contribution in [0.15, 0.2) is 78.9 Å². The lowest BCUT2D eigenvalue weighted by Gasteiger charge is -2.19. The molecule has 0 saturated heterocycles. The Morgan fingerprint density at radius 2 is 1.33 bits per heavy atom. The van der Waals surface area contributed by atoms with E-state index >= 15 is 0 Å². The van der Waals surface area contributed by atoms with Gasteiger partial charge in [-0.05, 0) is 17.7 Å². The van der Waals surface area contributed by atoms with Gasteiger partial charge in [0.15, 0.2) is 11.6 Å². The fraction of sp³-hybridized carbons (Fsp3) is 0. The molecule has 4 heteroatoms. The molecule has 0 N–H and O–H groups in total. The van der Waals surface area contributed by atoms with Gasteiger partial charge in [0.1, 0.15) is 5.75 Å².